The zero-order valence-electron chi connectivity index (χ0n) is 11.0. The highest BCUT2D eigenvalue weighted by Gasteiger charge is 2.14. The highest BCUT2D eigenvalue weighted by atomic mass is 79.9. The third kappa shape index (κ3) is 2.76. The van der Waals surface area contributed by atoms with Crippen molar-refractivity contribution in [1.29, 1.82) is 0 Å². The van der Waals surface area contributed by atoms with Crippen LogP contribution in [-0.4, -0.2) is 18.7 Å². The summed E-state index contributed by atoms with van der Waals surface area (Å²) >= 11 is 3.29. The fourth-order valence-electron chi connectivity index (χ4n) is 1.87. The first-order chi connectivity index (χ1) is 9.19. The second-order valence-corrected chi connectivity index (χ2v) is 4.98. The Labute approximate surface area is 119 Å². The van der Waals surface area contributed by atoms with Crippen LogP contribution in [0.1, 0.15) is 19.8 Å². The normalized spacial score (nSPS) is 10.7. The molecule has 0 aliphatic carbocycles. The quantitative estimate of drug-likeness (QED) is 0.856. The molecule has 0 spiro atoms. The van der Waals surface area contributed by atoms with Crippen molar-refractivity contribution in [2.75, 3.05) is 13.7 Å². The number of hydrogen-bond acceptors (Lipinski definition) is 3. The van der Waals surface area contributed by atoms with Crippen molar-refractivity contribution >= 4 is 26.8 Å². The lowest BCUT2D eigenvalue weighted by Crippen LogP contribution is -2.11. The first kappa shape index (κ1) is 13.9. The molecule has 0 fully saturated rings. The van der Waals surface area contributed by atoms with Crippen LogP contribution in [0.4, 0.5) is 0 Å². The summed E-state index contributed by atoms with van der Waals surface area (Å²) in [4.78, 5) is 14.7. The molecule has 0 radical (unpaired) electrons. The van der Waals surface area contributed by atoms with E-state index >= 15 is 0 Å². The lowest BCUT2D eigenvalue weighted by atomic mass is 10.2. The average molecular weight is 326 g/mol. The van der Waals surface area contributed by atoms with Crippen LogP contribution in [0, 0.1) is 0 Å². The summed E-state index contributed by atoms with van der Waals surface area (Å²) < 4.78 is 11.4. The number of rotatable bonds is 5. The summed E-state index contributed by atoms with van der Waals surface area (Å²) in [5.41, 5.74) is 0.438. The lowest BCUT2D eigenvalue weighted by molar-refractivity contribution is 0.310. The Morgan fingerprint density at radius 2 is 2.16 bits per heavy atom. The van der Waals surface area contributed by atoms with Crippen LogP contribution in [-0.2, 0) is 0 Å². The fraction of sp³-hybridized carbons (Fsp3) is 0.357. The van der Waals surface area contributed by atoms with Crippen LogP contribution in [0.15, 0.2) is 27.5 Å². The average Bonchev–Trinajstić information content (AvgIpc) is 2.42. The monoisotopic (exact) mass is 325 g/mol. The van der Waals surface area contributed by atoms with E-state index in [1.807, 2.05) is 18.2 Å². The summed E-state index contributed by atoms with van der Waals surface area (Å²) in [5, 5.41) is 0.835. The molecule has 1 aromatic heterocycles. The molecule has 0 aliphatic rings. The number of aromatic nitrogens is 1. The number of unbranched alkanes of at least 4 members (excludes halogenated alkanes) is 1. The van der Waals surface area contributed by atoms with Crippen LogP contribution in [0.2, 0.25) is 0 Å². The SMILES string of the molecule is CCCCOc1c(Br)c(=O)[nH]c2c(OC)cccc12. The summed E-state index contributed by atoms with van der Waals surface area (Å²) in [5.74, 6) is 1.20. The smallest absolute Gasteiger partial charge is 0.266 e. The van der Waals surface area contributed by atoms with Crippen molar-refractivity contribution in [1.82, 2.24) is 4.98 Å². The summed E-state index contributed by atoms with van der Waals surface area (Å²) in [6, 6.07) is 5.58. The minimum Gasteiger partial charge on any atom is -0.495 e. The number of para-hydroxylation sites is 1. The van der Waals surface area contributed by atoms with Crippen molar-refractivity contribution in [3.05, 3.63) is 33.0 Å². The second kappa shape index (κ2) is 6.10. The number of nitrogens with one attached hydrogen (secondary N) is 1. The Hall–Kier alpha value is -1.49. The number of benzene rings is 1. The second-order valence-electron chi connectivity index (χ2n) is 4.18. The van der Waals surface area contributed by atoms with Gasteiger partial charge in [0.2, 0.25) is 0 Å². The van der Waals surface area contributed by atoms with Gasteiger partial charge in [-0.3, -0.25) is 4.79 Å². The molecule has 0 bridgehead atoms. The van der Waals surface area contributed by atoms with Crippen molar-refractivity contribution in [2.24, 2.45) is 0 Å². The van der Waals surface area contributed by atoms with E-state index in [4.69, 9.17) is 9.47 Å². The first-order valence-electron chi connectivity index (χ1n) is 6.20. The van der Waals surface area contributed by atoms with Gasteiger partial charge in [0, 0.05) is 5.39 Å². The van der Waals surface area contributed by atoms with Crippen molar-refractivity contribution in [3.8, 4) is 11.5 Å². The number of pyridine rings is 1. The van der Waals surface area contributed by atoms with Gasteiger partial charge in [-0.25, -0.2) is 0 Å². The number of methoxy groups -OCH3 is 1. The van der Waals surface area contributed by atoms with E-state index in [0.717, 1.165) is 18.2 Å². The molecule has 0 aliphatic heterocycles. The van der Waals surface area contributed by atoms with Gasteiger partial charge in [-0.15, -0.1) is 0 Å². The number of fused-ring (bicyclic) bond motifs is 1. The highest BCUT2D eigenvalue weighted by molar-refractivity contribution is 9.10. The molecule has 1 aromatic carbocycles. The van der Waals surface area contributed by atoms with E-state index < -0.39 is 0 Å². The Balaban J connectivity index is 2.59. The van der Waals surface area contributed by atoms with Gasteiger partial charge in [0.25, 0.3) is 5.56 Å². The molecule has 102 valence electrons. The molecule has 19 heavy (non-hydrogen) atoms. The van der Waals surface area contributed by atoms with Crippen LogP contribution in [0.3, 0.4) is 0 Å². The molecule has 1 heterocycles. The number of H-pyrrole nitrogens is 1. The summed E-state index contributed by atoms with van der Waals surface area (Å²) in [6.07, 6.45) is 1.99. The fourth-order valence-corrected chi connectivity index (χ4v) is 2.30. The lowest BCUT2D eigenvalue weighted by Gasteiger charge is -2.12. The van der Waals surface area contributed by atoms with Crippen LogP contribution in [0.5, 0.6) is 11.5 Å². The molecule has 2 aromatic rings. The number of aromatic amines is 1. The maximum absolute atomic E-state index is 11.9. The van der Waals surface area contributed by atoms with Crippen molar-refractivity contribution < 1.29 is 9.47 Å². The molecular formula is C14H16BrNO3. The molecule has 2 rings (SSSR count). The van der Waals surface area contributed by atoms with Crippen LogP contribution >= 0.6 is 15.9 Å². The van der Waals surface area contributed by atoms with Gasteiger partial charge in [-0.05, 0) is 34.5 Å². The molecule has 5 heteroatoms. The Bertz CT molecular complexity index is 636. The number of ether oxygens (including phenoxy) is 2. The molecule has 0 atom stereocenters. The van der Waals surface area contributed by atoms with Gasteiger partial charge in [0.05, 0.1) is 19.2 Å². The van der Waals surface area contributed by atoms with Crippen LogP contribution in [0.25, 0.3) is 10.9 Å². The van der Waals surface area contributed by atoms with E-state index in [-0.39, 0.29) is 5.56 Å². The number of halogens is 1. The molecule has 0 saturated heterocycles. The topological polar surface area (TPSA) is 51.3 Å². The zero-order chi connectivity index (χ0) is 13.8. The van der Waals surface area contributed by atoms with E-state index in [9.17, 15) is 4.79 Å². The zero-order valence-corrected chi connectivity index (χ0v) is 12.5. The molecule has 1 N–H and O–H groups in total. The van der Waals surface area contributed by atoms with Crippen molar-refractivity contribution in [3.63, 3.8) is 0 Å². The minimum atomic E-state index is -0.219. The molecule has 0 unspecified atom stereocenters. The highest BCUT2D eigenvalue weighted by Crippen LogP contribution is 2.33. The Morgan fingerprint density at radius 3 is 2.84 bits per heavy atom. The standard InChI is InChI=1S/C14H16BrNO3/c1-3-4-8-19-13-9-6-5-7-10(18-2)12(9)16-14(17)11(13)15/h5-7H,3-4,8H2,1-2H3,(H,16,17). The van der Waals surface area contributed by atoms with E-state index in [0.29, 0.717) is 28.1 Å². The third-order valence-corrected chi connectivity index (χ3v) is 3.59. The number of hydrogen-bond donors (Lipinski definition) is 1. The van der Waals surface area contributed by atoms with E-state index in [1.54, 1.807) is 7.11 Å². The van der Waals surface area contributed by atoms with Gasteiger partial charge in [0.1, 0.15) is 16.0 Å². The molecular weight excluding hydrogens is 310 g/mol. The minimum absolute atomic E-state index is 0.219. The first-order valence-corrected chi connectivity index (χ1v) is 6.99. The van der Waals surface area contributed by atoms with E-state index in [1.165, 1.54) is 0 Å². The molecule has 0 amide bonds. The maximum Gasteiger partial charge on any atom is 0.266 e. The van der Waals surface area contributed by atoms with Gasteiger partial charge in [-0.1, -0.05) is 19.4 Å². The van der Waals surface area contributed by atoms with Gasteiger partial charge >= 0.3 is 0 Å². The molecule has 4 nitrogen and oxygen atoms in total. The maximum atomic E-state index is 11.9. The van der Waals surface area contributed by atoms with Gasteiger partial charge < -0.3 is 14.5 Å². The van der Waals surface area contributed by atoms with Crippen LogP contribution < -0.4 is 15.0 Å². The largest absolute Gasteiger partial charge is 0.495 e. The summed E-state index contributed by atoms with van der Waals surface area (Å²) in [7, 11) is 1.58. The van der Waals surface area contributed by atoms with Gasteiger partial charge in [0.15, 0.2) is 0 Å². The van der Waals surface area contributed by atoms with Crippen molar-refractivity contribution in [2.45, 2.75) is 19.8 Å². The molecule has 0 saturated carbocycles. The van der Waals surface area contributed by atoms with E-state index in [2.05, 4.69) is 27.8 Å². The Kier molecular flexibility index (Phi) is 4.47. The summed E-state index contributed by atoms with van der Waals surface area (Å²) in [6.45, 7) is 2.68. The van der Waals surface area contributed by atoms with Gasteiger partial charge in [-0.2, -0.15) is 0 Å². The predicted octanol–water partition coefficient (Wildman–Crippen LogP) is 3.48. The predicted molar refractivity (Wildman–Crippen MR) is 79.2 cm³/mol. The Morgan fingerprint density at radius 1 is 1.37 bits per heavy atom. The third-order valence-electron chi connectivity index (χ3n) is 2.87.